The molecule has 1 aromatic rings. The van der Waals surface area contributed by atoms with Crippen molar-refractivity contribution in [2.75, 3.05) is 6.61 Å². The summed E-state index contributed by atoms with van der Waals surface area (Å²) in [5.74, 6) is -4.98. The van der Waals surface area contributed by atoms with Gasteiger partial charge in [-0.2, -0.15) is 0 Å². The summed E-state index contributed by atoms with van der Waals surface area (Å²) in [6.07, 6.45) is -12.8. The van der Waals surface area contributed by atoms with Crippen molar-refractivity contribution in [3.05, 3.63) is 32.6 Å². The molecule has 8 atom stereocenters. The zero-order chi connectivity index (χ0) is 27.5. The Hall–Kier alpha value is -3.88. The van der Waals surface area contributed by atoms with Gasteiger partial charge in [0.2, 0.25) is 5.91 Å². The number of carboxylic acids is 2. The Morgan fingerprint density at radius 3 is 2.31 bits per heavy atom. The van der Waals surface area contributed by atoms with E-state index in [4.69, 9.17) is 21.3 Å². The number of aliphatic hydroxyl groups is 4. The highest BCUT2D eigenvalue weighted by Crippen LogP contribution is 2.30. The van der Waals surface area contributed by atoms with E-state index >= 15 is 0 Å². The molecule has 0 aliphatic carbocycles. The lowest BCUT2D eigenvalue weighted by Crippen LogP contribution is -2.60. The number of primary amides is 1. The number of nitrogens with zero attached hydrogens (tertiary/aromatic N) is 1. The standard InChI is InChI=1S/C17H23N5O14/c18-5(7(24)4(23)2-35-16(19)33)12(28)20-6(15(31)32)10-8(25)9(26)13(36-10)22-1-3(14(29)30)11(27)21-17(22)34/h1,4-10,13,23-26H,2,18H2,(H2,19,33)(H,20,28)(H,29,30)(H,31,32)(H,21,27,34)/t4?,5?,6?,7?,8-,9+,10+,13+/m0/s1. The highest BCUT2D eigenvalue weighted by molar-refractivity contribution is 5.88. The second-order valence-electron chi connectivity index (χ2n) is 7.53. The number of carbonyl (C=O) groups excluding carboxylic acids is 2. The molecule has 36 heavy (non-hydrogen) atoms. The van der Waals surface area contributed by atoms with Gasteiger partial charge in [0, 0.05) is 6.20 Å². The molecule has 1 saturated heterocycles. The molecule has 4 unspecified atom stereocenters. The van der Waals surface area contributed by atoms with Gasteiger partial charge in [-0.05, 0) is 0 Å². The number of aliphatic carboxylic acids is 1. The van der Waals surface area contributed by atoms with Gasteiger partial charge >= 0.3 is 23.7 Å². The number of aromatic carboxylic acids is 1. The minimum absolute atomic E-state index is 0.393. The third-order valence-electron chi connectivity index (χ3n) is 5.10. The van der Waals surface area contributed by atoms with Crippen molar-refractivity contribution in [3.63, 3.8) is 0 Å². The number of aromatic amines is 1. The van der Waals surface area contributed by atoms with E-state index in [0.717, 1.165) is 0 Å². The van der Waals surface area contributed by atoms with E-state index in [0.29, 0.717) is 10.8 Å². The van der Waals surface area contributed by atoms with Crippen molar-refractivity contribution in [3.8, 4) is 0 Å². The molecule has 2 heterocycles. The zero-order valence-electron chi connectivity index (χ0n) is 18.0. The fraction of sp³-hybridized carbons (Fsp3) is 0.529. The minimum Gasteiger partial charge on any atom is -0.480 e. The van der Waals surface area contributed by atoms with Crippen LogP contribution in [-0.2, 0) is 19.1 Å². The third-order valence-corrected chi connectivity index (χ3v) is 5.10. The first-order valence-corrected chi connectivity index (χ1v) is 9.84. The topological polar surface area (TPSA) is 327 Å². The SMILES string of the molecule is NC(=O)OCC(O)C(O)C(N)C(=O)NC(C(=O)O)[C@H]1O[C@@H](n2cc(C(=O)O)c(=O)[nH]c2=O)[C@H](O)[C@@H]1O. The number of rotatable bonds is 10. The second-order valence-corrected chi connectivity index (χ2v) is 7.53. The van der Waals surface area contributed by atoms with Gasteiger partial charge in [-0.25, -0.2) is 19.2 Å². The van der Waals surface area contributed by atoms with Crippen LogP contribution in [0.1, 0.15) is 16.6 Å². The van der Waals surface area contributed by atoms with Gasteiger partial charge in [0.1, 0.15) is 48.7 Å². The van der Waals surface area contributed by atoms with E-state index in [1.54, 1.807) is 4.98 Å². The van der Waals surface area contributed by atoms with E-state index < -0.39 is 96.2 Å². The predicted octanol–water partition coefficient (Wildman–Crippen LogP) is -6.43. The summed E-state index contributed by atoms with van der Waals surface area (Å²) in [5.41, 5.74) is 6.72. The van der Waals surface area contributed by atoms with E-state index in [1.807, 2.05) is 5.32 Å². The monoisotopic (exact) mass is 521 g/mol. The van der Waals surface area contributed by atoms with Crippen LogP contribution >= 0.6 is 0 Å². The highest BCUT2D eigenvalue weighted by Gasteiger charge is 2.50. The molecular weight excluding hydrogens is 498 g/mol. The van der Waals surface area contributed by atoms with Gasteiger partial charge in [0.15, 0.2) is 12.3 Å². The van der Waals surface area contributed by atoms with Crippen molar-refractivity contribution in [1.29, 1.82) is 0 Å². The summed E-state index contributed by atoms with van der Waals surface area (Å²) >= 11 is 0. The molecule has 0 aromatic carbocycles. The summed E-state index contributed by atoms with van der Waals surface area (Å²) < 4.78 is 9.88. The van der Waals surface area contributed by atoms with Gasteiger partial charge in [0.05, 0.1) is 0 Å². The van der Waals surface area contributed by atoms with E-state index in [2.05, 4.69) is 4.74 Å². The van der Waals surface area contributed by atoms with Gasteiger partial charge in [-0.3, -0.25) is 19.1 Å². The number of carbonyl (C=O) groups is 4. The molecule has 19 heteroatoms. The number of aliphatic hydroxyl groups excluding tert-OH is 4. The van der Waals surface area contributed by atoms with Gasteiger partial charge in [-0.1, -0.05) is 0 Å². The Kier molecular flexibility index (Phi) is 8.85. The van der Waals surface area contributed by atoms with Gasteiger partial charge in [-0.15, -0.1) is 0 Å². The number of amides is 2. The van der Waals surface area contributed by atoms with E-state index in [1.165, 1.54) is 0 Å². The van der Waals surface area contributed by atoms with Crippen molar-refractivity contribution in [2.45, 2.75) is 48.8 Å². The number of hydrogen-bond acceptors (Lipinski definition) is 13. The number of hydrogen-bond donors (Lipinski definition) is 10. The van der Waals surface area contributed by atoms with Crippen LogP contribution in [-0.4, -0.2) is 113 Å². The number of nitrogens with two attached hydrogens (primary N) is 2. The quantitative estimate of drug-likeness (QED) is 0.137. The number of carboxylic acid groups (broad SMARTS) is 2. The predicted molar refractivity (Wildman–Crippen MR) is 109 cm³/mol. The van der Waals surface area contributed by atoms with Crippen LogP contribution in [0.3, 0.4) is 0 Å². The summed E-state index contributed by atoms with van der Waals surface area (Å²) in [4.78, 5) is 71.3. The minimum atomic E-state index is -2.16. The summed E-state index contributed by atoms with van der Waals surface area (Å²) in [6.45, 7) is -0.857. The summed E-state index contributed by atoms with van der Waals surface area (Å²) in [6, 6.07) is -4.17. The first-order chi connectivity index (χ1) is 16.7. The Morgan fingerprint density at radius 1 is 1.17 bits per heavy atom. The Balaban J connectivity index is 2.25. The third kappa shape index (κ3) is 6.02. The van der Waals surface area contributed by atoms with Crippen LogP contribution in [0.5, 0.6) is 0 Å². The van der Waals surface area contributed by atoms with Crippen molar-refractivity contribution in [2.24, 2.45) is 11.5 Å². The molecule has 1 fully saturated rings. The van der Waals surface area contributed by atoms with Crippen molar-refractivity contribution in [1.82, 2.24) is 14.9 Å². The summed E-state index contributed by atoms with van der Waals surface area (Å²) in [5, 5.41) is 60.7. The average Bonchev–Trinajstić information content (AvgIpc) is 3.08. The largest absolute Gasteiger partial charge is 0.480 e. The first-order valence-electron chi connectivity index (χ1n) is 9.84. The molecule has 0 bridgehead atoms. The molecule has 2 amide bonds. The molecule has 1 aromatic heterocycles. The lowest BCUT2D eigenvalue weighted by Gasteiger charge is -2.27. The molecule has 1 aliphatic heterocycles. The van der Waals surface area contributed by atoms with Crippen LogP contribution in [0.25, 0.3) is 0 Å². The van der Waals surface area contributed by atoms with E-state index in [9.17, 15) is 54.3 Å². The molecule has 2 rings (SSSR count). The molecular formula is C17H23N5O14. The van der Waals surface area contributed by atoms with Crippen molar-refractivity contribution < 1.29 is 59.3 Å². The Bertz CT molecular complexity index is 1130. The fourth-order valence-corrected chi connectivity index (χ4v) is 3.21. The van der Waals surface area contributed by atoms with Gasteiger partial charge < -0.3 is 56.9 Å². The fourth-order valence-electron chi connectivity index (χ4n) is 3.21. The number of ether oxygens (including phenoxy) is 2. The first kappa shape index (κ1) is 28.4. The number of nitrogens with one attached hydrogen (secondary N) is 2. The lowest BCUT2D eigenvalue weighted by atomic mass is 10.0. The molecule has 19 nitrogen and oxygen atoms in total. The second kappa shape index (κ2) is 11.2. The maximum Gasteiger partial charge on any atom is 0.404 e. The maximum atomic E-state index is 12.4. The van der Waals surface area contributed by atoms with Crippen LogP contribution in [0.4, 0.5) is 4.79 Å². The normalized spacial score (nSPS) is 24.8. The van der Waals surface area contributed by atoms with Crippen LogP contribution in [0.15, 0.2) is 15.8 Å². The Morgan fingerprint density at radius 2 is 1.78 bits per heavy atom. The molecule has 1 aliphatic rings. The summed E-state index contributed by atoms with van der Waals surface area (Å²) in [7, 11) is 0. The average molecular weight is 521 g/mol. The molecule has 0 radical (unpaired) electrons. The smallest absolute Gasteiger partial charge is 0.404 e. The zero-order valence-corrected chi connectivity index (χ0v) is 18.0. The molecule has 200 valence electrons. The van der Waals surface area contributed by atoms with Crippen LogP contribution in [0.2, 0.25) is 0 Å². The van der Waals surface area contributed by atoms with Crippen LogP contribution in [0, 0.1) is 0 Å². The van der Waals surface area contributed by atoms with Crippen LogP contribution < -0.4 is 28.0 Å². The highest BCUT2D eigenvalue weighted by atomic mass is 16.6. The number of aromatic nitrogens is 2. The Labute approximate surface area is 198 Å². The van der Waals surface area contributed by atoms with Gasteiger partial charge in [0.25, 0.3) is 5.56 Å². The molecule has 0 spiro atoms. The lowest BCUT2D eigenvalue weighted by molar-refractivity contribution is -0.150. The number of H-pyrrole nitrogens is 1. The van der Waals surface area contributed by atoms with Crippen molar-refractivity contribution >= 4 is 23.9 Å². The molecule has 12 N–H and O–H groups in total. The molecule has 0 saturated carbocycles. The maximum absolute atomic E-state index is 12.4. The van der Waals surface area contributed by atoms with E-state index in [-0.39, 0.29) is 0 Å².